The van der Waals surface area contributed by atoms with Gasteiger partial charge in [-0.05, 0) is 42.8 Å². The van der Waals surface area contributed by atoms with E-state index in [2.05, 4.69) is 4.98 Å². The minimum absolute atomic E-state index is 0.297. The van der Waals surface area contributed by atoms with E-state index in [1.807, 2.05) is 18.2 Å². The van der Waals surface area contributed by atoms with Crippen molar-refractivity contribution in [2.24, 2.45) is 0 Å². The fourth-order valence-corrected chi connectivity index (χ4v) is 3.17. The van der Waals surface area contributed by atoms with E-state index in [-0.39, 0.29) is 0 Å². The van der Waals surface area contributed by atoms with E-state index in [0.29, 0.717) is 27.4 Å². The highest BCUT2D eigenvalue weighted by Gasteiger charge is 2.19. The normalized spacial score (nSPS) is 10.7. The second-order valence-electron chi connectivity index (χ2n) is 5.32. The predicted octanol–water partition coefficient (Wildman–Crippen LogP) is 6.49. The summed E-state index contributed by atoms with van der Waals surface area (Å²) < 4.78 is 5.09. The van der Waals surface area contributed by atoms with Crippen molar-refractivity contribution in [3.05, 3.63) is 69.3 Å². The van der Waals surface area contributed by atoms with Crippen molar-refractivity contribution in [1.29, 1.82) is 0 Å². The molecule has 6 heteroatoms. The number of H-pyrrole nitrogens is 1. The molecule has 0 saturated heterocycles. The molecule has 0 amide bonds. The third-order valence-corrected chi connectivity index (χ3v) is 4.47. The van der Waals surface area contributed by atoms with Crippen LogP contribution in [0.3, 0.4) is 0 Å². The van der Waals surface area contributed by atoms with Crippen LogP contribution in [0.15, 0.2) is 48.5 Å². The Hall–Kier alpha value is -1.94. The van der Waals surface area contributed by atoms with Gasteiger partial charge in [0.05, 0.1) is 12.3 Å². The van der Waals surface area contributed by atoms with Crippen LogP contribution in [-0.2, 0) is 4.74 Å². The van der Waals surface area contributed by atoms with Crippen molar-refractivity contribution in [2.45, 2.75) is 6.92 Å². The number of benzene rings is 2. The zero-order chi connectivity index (χ0) is 18.0. The van der Waals surface area contributed by atoms with Crippen LogP contribution in [0.1, 0.15) is 17.4 Å². The average Bonchev–Trinajstić information content (AvgIpc) is 3.01. The van der Waals surface area contributed by atoms with Crippen LogP contribution in [0.2, 0.25) is 15.1 Å². The number of aromatic nitrogens is 1. The minimum atomic E-state index is -0.422. The maximum Gasteiger partial charge on any atom is 0.354 e. The number of esters is 1. The van der Waals surface area contributed by atoms with Crippen LogP contribution in [0.25, 0.3) is 22.4 Å². The Morgan fingerprint density at radius 3 is 2.28 bits per heavy atom. The topological polar surface area (TPSA) is 42.1 Å². The molecular weight excluding hydrogens is 381 g/mol. The number of halogens is 3. The Bertz CT molecular complexity index is 917. The molecule has 3 aromatic rings. The maximum absolute atomic E-state index is 12.1. The maximum atomic E-state index is 12.1. The lowest BCUT2D eigenvalue weighted by atomic mass is 10.0. The molecule has 0 aliphatic rings. The lowest BCUT2D eigenvalue weighted by Gasteiger charge is -2.07. The number of carbonyl (C=O) groups is 1. The number of hydrogen-bond acceptors (Lipinski definition) is 2. The fraction of sp³-hybridized carbons (Fsp3) is 0.105. The first-order valence-electron chi connectivity index (χ1n) is 7.61. The molecule has 0 aliphatic heterocycles. The van der Waals surface area contributed by atoms with E-state index in [1.165, 1.54) is 0 Å². The first-order chi connectivity index (χ1) is 12.0. The Labute approximate surface area is 160 Å². The summed E-state index contributed by atoms with van der Waals surface area (Å²) in [5.41, 5.74) is 3.53. The summed E-state index contributed by atoms with van der Waals surface area (Å²) in [6.07, 6.45) is 0. The summed E-state index contributed by atoms with van der Waals surface area (Å²) >= 11 is 18.3. The van der Waals surface area contributed by atoms with Gasteiger partial charge in [-0.1, -0.05) is 53.0 Å². The molecule has 3 nitrogen and oxygen atoms in total. The summed E-state index contributed by atoms with van der Waals surface area (Å²) in [7, 11) is 0. The lowest BCUT2D eigenvalue weighted by Crippen LogP contribution is -2.04. The molecule has 0 unspecified atom stereocenters. The quantitative estimate of drug-likeness (QED) is 0.514. The van der Waals surface area contributed by atoms with Crippen molar-refractivity contribution < 1.29 is 9.53 Å². The van der Waals surface area contributed by atoms with Gasteiger partial charge in [0.1, 0.15) is 5.69 Å². The highest BCUT2D eigenvalue weighted by Crippen LogP contribution is 2.38. The molecule has 25 heavy (non-hydrogen) atoms. The number of aromatic amines is 1. The van der Waals surface area contributed by atoms with Gasteiger partial charge >= 0.3 is 5.97 Å². The van der Waals surface area contributed by atoms with Gasteiger partial charge in [-0.25, -0.2) is 4.79 Å². The number of rotatable bonds is 4. The molecule has 0 spiro atoms. The molecule has 0 aliphatic carbocycles. The molecule has 0 fully saturated rings. The fourth-order valence-electron chi connectivity index (χ4n) is 2.54. The van der Waals surface area contributed by atoms with Crippen LogP contribution in [0.4, 0.5) is 0 Å². The second kappa shape index (κ2) is 7.52. The van der Waals surface area contributed by atoms with E-state index >= 15 is 0 Å². The molecular formula is C19H14Cl3NO2. The van der Waals surface area contributed by atoms with Crippen LogP contribution in [-0.4, -0.2) is 17.6 Å². The van der Waals surface area contributed by atoms with Crippen LogP contribution >= 0.6 is 34.8 Å². The largest absolute Gasteiger partial charge is 0.461 e. The summed E-state index contributed by atoms with van der Waals surface area (Å²) in [6.45, 7) is 2.06. The van der Waals surface area contributed by atoms with Crippen LogP contribution < -0.4 is 0 Å². The molecule has 0 atom stereocenters. The zero-order valence-corrected chi connectivity index (χ0v) is 15.5. The van der Waals surface area contributed by atoms with Crippen molar-refractivity contribution in [3.63, 3.8) is 0 Å². The van der Waals surface area contributed by atoms with Crippen molar-refractivity contribution in [1.82, 2.24) is 4.98 Å². The van der Waals surface area contributed by atoms with Crippen LogP contribution in [0.5, 0.6) is 0 Å². The van der Waals surface area contributed by atoms with Gasteiger partial charge in [0, 0.05) is 26.2 Å². The van der Waals surface area contributed by atoms with Gasteiger partial charge < -0.3 is 9.72 Å². The molecule has 2 aromatic carbocycles. The highest BCUT2D eigenvalue weighted by molar-refractivity contribution is 6.36. The molecule has 0 radical (unpaired) electrons. The molecule has 1 N–H and O–H groups in total. The van der Waals surface area contributed by atoms with Gasteiger partial charge in [-0.15, -0.1) is 0 Å². The lowest BCUT2D eigenvalue weighted by molar-refractivity contribution is 0.0520. The van der Waals surface area contributed by atoms with E-state index in [0.717, 1.165) is 22.4 Å². The molecule has 0 bridgehead atoms. The van der Waals surface area contributed by atoms with Gasteiger partial charge in [0.15, 0.2) is 0 Å². The number of ether oxygens (including phenoxy) is 1. The first-order valence-corrected chi connectivity index (χ1v) is 8.74. The first kappa shape index (κ1) is 17.9. The van der Waals surface area contributed by atoms with Crippen LogP contribution in [0, 0.1) is 0 Å². The molecule has 1 heterocycles. The Kier molecular flexibility index (Phi) is 5.38. The molecule has 3 rings (SSSR count). The van der Waals surface area contributed by atoms with E-state index in [9.17, 15) is 4.79 Å². The third-order valence-electron chi connectivity index (χ3n) is 3.67. The Morgan fingerprint density at radius 2 is 1.64 bits per heavy atom. The zero-order valence-electron chi connectivity index (χ0n) is 13.3. The third kappa shape index (κ3) is 3.84. The van der Waals surface area contributed by atoms with Gasteiger partial charge in [0.2, 0.25) is 0 Å². The van der Waals surface area contributed by atoms with Gasteiger partial charge in [-0.2, -0.15) is 0 Å². The molecule has 1 aromatic heterocycles. The summed E-state index contributed by atoms with van der Waals surface area (Å²) in [6, 6.07) is 14.3. The summed E-state index contributed by atoms with van der Waals surface area (Å²) in [5, 5.41) is 1.67. The summed E-state index contributed by atoms with van der Waals surface area (Å²) in [4.78, 5) is 15.3. The monoisotopic (exact) mass is 393 g/mol. The average molecular weight is 395 g/mol. The summed E-state index contributed by atoms with van der Waals surface area (Å²) in [5.74, 6) is -0.422. The van der Waals surface area contributed by atoms with E-state index < -0.39 is 5.97 Å². The Balaban J connectivity index is 2.17. The smallest absolute Gasteiger partial charge is 0.354 e. The molecule has 128 valence electrons. The van der Waals surface area contributed by atoms with Crippen molar-refractivity contribution in [2.75, 3.05) is 6.61 Å². The highest BCUT2D eigenvalue weighted by atomic mass is 35.5. The number of nitrogens with one attached hydrogen (secondary N) is 1. The van der Waals surface area contributed by atoms with Gasteiger partial charge in [0.25, 0.3) is 0 Å². The van der Waals surface area contributed by atoms with Crippen molar-refractivity contribution in [3.8, 4) is 22.4 Å². The minimum Gasteiger partial charge on any atom is -0.461 e. The number of carbonyl (C=O) groups excluding carboxylic acids is 1. The van der Waals surface area contributed by atoms with E-state index in [1.54, 1.807) is 37.3 Å². The number of hydrogen-bond donors (Lipinski definition) is 1. The van der Waals surface area contributed by atoms with Gasteiger partial charge in [-0.3, -0.25) is 0 Å². The predicted molar refractivity (Wildman–Crippen MR) is 103 cm³/mol. The molecule has 0 saturated carbocycles. The van der Waals surface area contributed by atoms with E-state index in [4.69, 9.17) is 39.5 Å². The second-order valence-corrected chi connectivity index (χ2v) is 6.60. The standard InChI is InChI=1S/C19H14Cl3NO2/c1-2-25-19(24)17-10-15(14-8-7-13(21)9-16(14)22)18(23-17)11-3-5-12(20)6-4-11/h3-10,23H,2H2,1H3. The van der Waals surface area contributed by atoms with Crippen molar-refractivity contribution >= 4 is 40.8 Å². The Morgan fingerprint density at radius 1 is 0.960 bits per heavy atom. The SMILES string of the molecule is CCOC(=O)c1cc(-c2ccc(Cl)cc2Cl)c(-c2ccc(Cl)cc2)[nH]1.